The van der Waals surface area contributed by atoms with Crippen molar-refractivity contribution in [3.05, 3.63) is 56.7 Å². The monoisotopic (exact) mass is 554 g/mol. The number of anilines is 1. The number of nitrogens with zero attached hydrogens (tertiary/aromatic N) is 4. The molecule has 3 rings (SSSR count). The van der Waals surface area contributed by atoms with Gasteiger partial charge < -0.3 is 9.64 Å². The first kappa shape index (κ1) is 31.7. The van der Waals surface area contributed by atoms with Gasteiger partial charge in [0, 0.05) is 62.9 Å². The molecule has 1 aromatic heterocycles. The maximum atomic E-state index is 13.1. The number of benzene rings is 1. The second-order valence-electron chi connectivity index (χ2n) is 12.2. The molecule has 2 heterocycles. The molecule has 1 aromatic carbocycles. The molecule has 8 nitrogen and oxygen atoms in total. The minimum atomic E-state index is -0.359. The molecule has 0 radical (unpaired) electrons. The summed E-state index contributed by atoms with van der Waals surface area (Å²) in [6, 6.07) is 8.97. The molecule has 1 aliphatic rings. The third kappa shape index (κ3) is 8.32. The van der Waals surface area contributed by atoms with E-state index >= 15 is 0 Å². The molecular weight excluding hydrogens is 504 g/mol. The molecule has 0 saturated carbocycles. The minimum Gasteiger partial charge on any atom is -0.488 e. The summed E-state index contributed by atoms with van der Waals surface area (Å²) in [6.45, 7) is 18.2. The summed E-state index contributed by atoms with van der Waals surface area (Å²) in [5, 5.41) is 0. The molecule has 0 atom stereocenters. The second kappa shape index (κ2) is 14.2. The fourth-order valence-electron chi connectivity index (χ4n) is 5.33. The van der Waals surface area contributed by atoms with E-state index < -0.39 is 0 Å². The van der Waals surface area contributed by atoms with E-state index in [4.69, 9.17) is 4.74 Å². The van der Waals surface area contributed by atoms with Crippen LogP contribution < -0.4 is 20.9 Å². The van der Waals surface area contributed by atoms with Crippen molar-refractivity contribution < 1.29 is 9.53 Å². The lowest BCUT2D eigenvalue weighted by Crippen LogP contribution is -2.51. The fourth-order valence-corrected chi connectivity index (χ4v) is 5.33. The number of carbonyl (C=O) groups is 1. The lowest BCUT2D eigenvalue weighted by Gasteiger charge is -2.38. The van der Waals surface area contributed by atoms with Gasteiger partial charge in [-0.3, -0.25) is 23.6 Å². The number of ether oxygens (including phenoxy) is 1. The number of rotatable bonds is 14. The summed E-state index contributed by atoms with van der Waals surface area (Å²) in [4.78, 5) is 42.9. The Morgan fingerprint density at radius 2 is 1.52 bits per heavy atom. The van der Waals surface area contributed by atoms with Gasteiger partial charge in [-0.15, -0.1) is 0 Å². The van der Waals surface area contributed by atoms with Gasteiger partial charge >= 0.3 is 5.69 Å². The maximum absolute atomic E-state index is 13.1. The molecule has 40 heavy (non-hydrogen) atoms. The average Bonchev–Trinajstić information content (AvgIpc) is 2.89. The molecule has 1 aliphatic heterocycles. The SMILES string of the molecule is CCCCCCC(=O)c1ccc(OC(C)(C)CCN2CCN(c3cc(=O)n(C(C)C)c(=O)n3C(C)C)CC2)cc1. The fraction of sp³-hybridized carbons (Fsp3) is 0.656. The Kier molecular flexibility index (Phi) is 11.2. The zero-order valence-electron chi connectivity index (χ0n) is 25.7. The molecule has 0 unspecified atom stereocenters. The van der Waals surface area contributed by atoms with Gasteiger partial charge in [-0.2, -0.15) is 0 Å². The Bertz CT molecular complexity index is 1220. The summed E-state index contributed by atoms with van der Waals surface area (Å²) in [7, 11) is 0. The lowest BCUT2D eigenvalue weighted by atomic mass is 10.0. The third-order valence-corrected chi connectivity index (χ3v) is 7.74. The molecule has 1 saturated heterocycles. The Balaban J connectivity index is 1.53. The summed E-state index contributed by atoms with van der Waals surface area (Å²) in [5.74, 6) is 1.70. The van der Waals surface area contributed by atoms with Crippen molar-refractivity contribution in [2.45, 2.75) is 105 Å². The van der Waals surface area contributed by atoms with Crippen LogP contribution >= 0.6 is 0 Å². The highest BCUT2D eigenvalue weighted by atomic mass is 16.5. The smallest absolute Gasteiger partial charge is 0.333 e. The van der Waals surface area contributed by atoms with Gasteiger partial charge in [0.1, 0.15) is 17.2 Å². The number of aromatic nitrogens is 2. The Morgan fingerprint density at radius 3 is 2.10 bits per heavy atom. The molecule has 0 aliphatic carbocycles. The van der Waals surface area contributed by atoms with Crippen molar-refractivity contribution in [3.63, 3.8) is 0 Å². The van der Waals surface area contributed by atoms with Crippen molar-refractivity contribution in [2.24, 2.45) is 0 Å². The van der Waals surface area contributed by atoms with Gasteiger partial charge in [0.15, 0.2) is 5.78 Å². The Labute approximate surface area is 239 Å². The van der Waals surface area contributed by atoms with Crippen LogP contribution in [0.2, 0.25) is 0 Å². The average molecular weight is 555 g/mol. The van der Waals surface area contributed by atoms with Gasteiger partial charge in [0.25, 0.3) is 5.56 Å². The van der Waals surface area contributed by atoms with Crippen LogP contribution in [0.15, 0.2) is 39.9 Å². The molecular formula is C32H50N4O4. The zero-order valence-corrected chi connectivity index (χ0v) is 25.7. The van der Waals surface area contributed by atoms with E-state index in [-0.39, 0.29) is 34.7 Å². The number of carbonyl (C=O) groups excluding carboxylic acids is 1. The van der Waals surface area contributed by atoms with E-state index in [2.05, 4.69) is 30.6 Å². The quantitative estimate of drug-likeness (QED) is 0.220. The molecule has 0 spiro atoms. The van der Waals surface area contributed by atoms with Crippen LogP contribution in [0.3, 0.4) is 0 Å². The van der Waals surface area contributed by atoms with Crippen molar-refractivity contribution in [3.8, 4) is 5.75 Å². The van der Waals surface area contributed by atoms with Crippen LogP contribution in [0.25, 0.3) is 0 Å². The van der Waals surface area contributed by atoms with Crippen molar-refractivity contribution >= 4 is 11.6 Å². The molecule has 8 heteroatoms. The topological polar surface area (TPSA) is 76.8 Å². The first-order valence-electron chi connectivity index (χ1n) is 15.1. The number of hydrogen-bond donors (Lipinski definition) is 0. The largest absolute Gasteiger partial charge is 0.488 e. The van der Waals surface area contributed by atoms with E-state index in [1.54, 1.807) is 10.6 Å². The summed E-state index contributed by atoms with van der Waals surface area (Å²) in [5.41, 5.74) is -0.0813. The number of Topliss-reactive ketones (excluding diaryl/α,β-unsaturated/α-hetero) is 1. The van der Waals surface area contributed by atoms with Crippen LogP contribution in [0.4, 0.5) is 5.82 Å². The number of hydrogen-bond acceptors (Lipinski definition) is 6. The third-order valence-electron chi connectivity index (χ3n) is 7.74. The van der Waals surface area contributed by atoms with E-state index in [9.17, 15) is 14.4 Å². The number of piperazine rings is 1. The molecule has 0 N–H and O–H groups in total. The highest BCUT2D eigenvalue weighted by Gasteiger charge is 2.26. The molecule has 2 aromatic rings. The Hall–Kier alpha value is -2.87. The van der Waals surface area contributed by atoms with Crippen LogP contribution in [-0.2, 0) is 0 Å². The summed E-state index contributed by atoms with van der Waals surface area (Å²) >= 11 is 0. The van der Waals surface area contributed by atoms with Crippen LogP contribution in [0.1, 0.15) is 109 Å². The van der Waals surface area contributed by atoms with E-state index in [0.29, 0.717) is 12.2 Å². The van der Waals surface area contributed by atoms with Crippen LogP contribution in [0.5, 0.6) is 5.75 Å². The van der Waals surface area contributed by atoms with Crippen LogP contribution in [0, 0.1) is 0 Å². The molecule has 0 bridgehead atoms. The summed E-state index contributed by atoms with van der Waals surface area (Å²) in [6.07, 6.45) is 5.87. The van der Waals surface area contributed by atoms with Gasteiger partial charge in [-0.05, 0) is 78.6 Å². The molecule has 222 valence electrons. The normalized spacial score (nSPS) is 14.8. The Morgan fingerprint density at radius 1 is 0.900 bits per heavy atom. The van der Waals surface area contributed by atoms with Gasteiger partial charge in [0.2, 0.25) is 0 Å². The van der Waals surface area contributed by atoms with Gasteiger partial charge in [-0.1, -0.05) is 26.2 Å². The highest BCUT2D eigenvalue weighted by Crippen LogP contribution is 2.24. The van der Waals surface area contributed by atoms with Crippen molar-refractivity contribution in [2.75, 3.05) is 37.6 Å². The lowest BCUT2D eigenvalue weighted by molar-refractivity contribution is 0.0820. The second-order valence-corrected chi connectivity index (χ2v) is 12.2. The van der Waals surface area contributed by atoms with E-state index in [0.717, 1.165) is 63.3 Å². The predicted molar refractivity (Wildman–Crippen MR) is 163 cm³/mol. The minimum absolute atomic E-state index is 0.0398. The first-order chi connectivity index (χ1) is 18.9. The van der Waals surface area contributed by atoms with E-state index in [1.165, 1.54) is 17.4 Å². The summed E-state index contributed by atoms with van der Waals surface area (Å²) < 4.78 is 9.39. The first-order valence-corrected chi connectivity index (χ1v) is 15.1. The zero-order chi connectivity index (χ0) is 29.4. The standard InChI is InChI=1S/C32H50N4O4/c1-8-9-10-11-12-28(37)26-13-15-27(16-14-26)40-32(6,7)17-18-33-19-21-34(22-20-33)29-23-30(38)36(25(4)5)31(39)35(29)24(2)3/h13-16,23-25H,8-12,17-22H2,1-7H3. The molecule has 1 fully saturated rings. The number of ketones is 1. The van der Waals surface area contributed by atoms with Crippen molar-refractivity contribution in [1.82, 2.24) is 14.0 Å². The van der Waals surface area contributed by atoms with Gasteiger partial charge in [-0.25, -0.2) is 4.79 Å². The highest BCUT2D eigenvalue weighted by molar-refractivity contribution is 5.96. The van der Waals surface area contributed by atoms with Gasteiger partial charge in [0.05, 0.1) is 0 Å². The maximum Gasteiger partial charge on any atom is 0.333 e. The number of unbranched alkanes of at least 4 members (excludes halogenated alkanes) is 3. The predicted octanol–water partition coefficient (Wildman–Crippen LogP) is 5.69. The van der Waals surface area contributed by atoms with Crippen LogP contribution in [-0.4, -0.2) is 58.1 Å². The van der Waals surface area contributed by atoms with E-state index in [1.807, 2.05) is 52.0 Å². The van der Waals surface area contributed by atoms with Crippen molar-refractivity contribution in [1.29, 1.82) is 0 Å². The molecule has 0 amide bonds.